The highest BCUT2D eigenvalue weighted by Gasteiger charge is 2.16. The molecule has 0 saturated carbocycles. The van der Waals surface area contributed by atoms with E-state index in [0.29, 0.717) is 0 Å². The SMILES string of the molecule is CCN(Cc1ccccn1)c1nc2ccccn2c1CBr. The summed E-state index contributed by atoms with van der Waals surface area (Å²) in [7, 11) is 0. The van der Waals surface area contributed by atoms with Gasteiger partial charge in [0.05, 0.1) is 17.9 Å². The maximum atomic E-state index is 4.78. The van der Waals surface area contributed by atoms with Gasteiger partial charge in [-0.3, -0.25) is 4.98 Å². The Morgan fingerprint density at radius 1 is 1.19 bits per heavy atom. The van der Waals surface area contributed by atoms with Crippen LogP contribution < -0.4 is 4.90 Å². The summed E-state index contributed by atoms with van der Waals surface area (Å²) in [5.74, 6) is 1.02. The first kappa shape index (κ1) is 14.1. The predicted molar refractivity (Wildman–Crippen MR) is 88.8 cm³/mol. The van der Waals surface area contributed by atoms with Gasteiger partial charge < -0.3 is 9.30 Å². The van der Waals surface area contributed by atoms with Crippen LogP contribution in [0.4, 0.5) is 5.82 Å². The zero-order valence-electron chi connectivity index (χ0n) is 11.9. The Morgan fingerprint density at radius 3 is 2.76 bits per heavy atom. The third kappa shape index (κ3) is 2.78. The van der Waals surface area contributed by atoms with E-state index in [1.165, 1.54) is 5.69 Å². The number of fused-ring (bicyclic) bond motifs is 1. The van der Waals surface area contributed by atoms with Crippen molar-refractivity contribution >= 4 is 27.4 Å². The van der Waals surface area contributed by atoms with Crippen molar-refractivity contribution in [3.8, 4) is 0 Å². The van der Waals surface area contributed by atoms with E-state index in [-0.39, 0.29) is 0 Å². The van der Waals surface area contributed by atoms with Crippen LogP contribution in [0.25, 0.3) is 5.65 Å². The summed E-state index contributed by atoms with van der Waals surface area (Å²) in [6, 6.07) is 12.1. The molecule has 0 spiro atoms. The lowest BCUT2D eigenvalue weighted by molar-refractivity contribution is 0.793. The maximum Gasteiger partial charge on any atom is 0.152 e. The van der Waals surface area contributed by atoms with Gasteiger partial charge in [-0.05, 0) is 31.2 Å². The molecule has 3 heterocycles. The van der Waals surface area contributed by atoms with Crippen LogP contribution in [0.3, 0.4) is 0 Å². The van der Waals surface area contributed by atoms with Gasteiger partial charge in [0.2, 0.25) is 0 Å². The lowest BCUT2D eigenvalue weighted by atomic mass is 10.3. The van der Waals surface area contributed by atoms with Crippen molar-refractivity contribution < 1.29 is 0 Å². The van der Waals surface area contributed by atoms with Crippen molar-refractivity contribution in [2.45, 2.75) is 18.8 Å². The summed E-state index contributed by atoms with van der Waals surface area (Å²) in [6.07, 6.45) is 3.88. The van der Waals surface area contributed by atoms with Crippen LogP contribution in [-0.4, -0.2) is 20.9 Å². The van der Waals surface area contributed by atoms with E-state index in [4.69, 9.17) is 4.98 Å². The summed E-state index contributed by atoms with van der Waals surface area (Å²) in [6.45, 7) is 3.80. The molecule has 0 aliphatic rings. The molecule has 21 heavy (non-hydrogen) atoms. The number of hydrogen-bond donors (Lipinski definition) is 0. The largest absolute Gasteiger partial charge is 0.349 e. The topological polar surface area (TPSA) is 33.4 Å². The van der Waals surface area contributed by atoms with E-state index in [0.717, 1.165) is 35.6 Å². The number of hydrogen-bond acceptors (Lipinski definition) is 3. The second-order valence-electron chi connectivity index (χ2n) is 4.78. The molecular formula is C16H17BrN4. The van der Waals surface area contributed by atoms with E-state index in [2.05, 4.69) is 43.3 Å². The number of imidazole rings is 1. The predicted octanol–water partition coefficient (Wildman–Crippen LogP) is 3.65. The minimum atomic E-state index is 0.765. The molecule has 0 aliphatic carbocycles. The van der Waals surface area contributed by atoms with Gasteiger partial charge in [0, 0.05) is 24.3 Å². The molecule has 0 bridgehead atoms. The van der Waals surface area contributed by atoms with Crippen LogP contribution in [-0.2, 0) is 11.9 Å². The summed E-state index contributed by atoms with van der Waals surface area (Å²) in [4.78, 5) is 11.5. The molecule has 3 rings (SSSR count). The molecule has 0 aliphatic heterocycles. The second-order valence-corrected chi connectivity index (χ2v) is 5.34. The fraction of sp³-hybridized carbons (Fsp3) is 0.250. The molecule has 3 aromatic heterocycles. The molecule has 3 aromatic rings. The summed E-state index contributed by atoms with van der Waals surface area (Å²) < 4.78 is 2.13. The highest BCUT2D eigenvalue weighted by Crippen LogP contribution is 2.25. The van der Waals surface area contributed by atoms with Crippen LogP contribution in [0.15, 0.2) is 48.8 Å². The molecular weight excluding hydrogens is 328 g/mol. The molecule has 0 N–H and O–H groups in total. The zero-order chi connectivity index (χ0) is 14.7. The molecule has 0 radical (unpaired) electrons. The molecule has 0 atom stereocenters. The van der Waals surface area contributed by atoms with Gasteiger partial charge >= 0.3 is 0 Å². The van der Waals surface area contributed by atoms with E-state index in [1.54, 1.807) is 0 Å². The lowest BCUT2D eigenvalue weighted by Crippen LogP contribution is -2.24. The zero-order valence-corrected chi connectivity index (χ0v) is 13.5. The van der Waals surface area contributed by atoms with Gasteiger partial charge in [0.15, 0.2) is 5.82 Å². The first-order valence-corrected chi connectivity index (χ1v) is 8.12. The molecule has 0 fully saturated rings. The molecule has 5 heteroatoms. The van der Waals surface area contributed by atoms with Crippen molar-refractivity contribution in [2.24, 2.45) is 0 Å². The Hall–Kier alpha value is -1.88. The van der Waals surface area contributed by atoms with Gasteiger partial charge in [-0.25, -0.2) is 4.98 Å². The van der Waals surface area contributed by atoms with Crippen molar-refractivity contribution in [1.29, 1.82) is 0 Å². The lowest BCUT2D eigenvalue weighted by Gasteiger charge is -2.21. The first-order valence-electron chi connectivity index (χ1n) is 7.00. The molecule has 4 nitrogen and oxygen atoms in total. The smallest absolute Gasteiger partial charge is 0.152 e. The summed E-state index contributed by atoms with van der Waals surface area (Å²) >= 11 is 3.59. The number of anilines is 1. The number of pyridine rings is 2. The minimum Gasteiger partial charge on any atom is -0.349 e. The average Bonchev–Trinajstić information content (AvgIpc) is 2.92. The van der Waals surface area contributed by atoms with Crippen molar-refractivity contribution in [3.05, 3.63) is 60.2 Å². The van der Waals surface area contributed by atoms with Gasteiger partial charge in [-0.2, -0.15) is 0 Å². The van der Waals surface area contributed by atoms with Gasteiger partial charge in [0.25, 0.3) is 0 Å². The Bertz CT molecular complexity index is 723. The van der Waals surface area contributed by atoms with E-state index >= 15 is 0 Å². The Morgan fingerprint density at radius 2 is 2.05 bits per heavy atom. The van der Waals surface area contributed by atoms with E-state index in [9.17, 15) is 0 Å². The number of rotatable bonds is 5. The van der Waals surface area contributed by atoms with E-state index in [1.807, 2.05) is 42.6 Å². The normalized spacial score (nSPS) is 11.0. The number of aromatic nitrogens is 3. The summed E-state index contributed by atoms with van der Waals surface area (Å²) in [5.41, 5.74) is 3.20. The molecule has 0 amide bonds. The van der Waals surface area contributed by atoms with Crippen LogP contribution in [0.5, 0.6) is 0 Å². The van der Waals surface area contributed by atoms with Crippen molar-refractivity contribution in [2.75, 3.05) is 11.4 Å². The van der Waals surface area contributed by atoms with Gasteiger partial charge in [0.1, 0.15) is 5.65 Å². The number of alkyl halides is 1. The van der Waals surface area contributed by atoms with Crippen LogP contribution in [0, 0.1) is 0 Å². The second kappa shape index (κ2) is 6.26. The quantitative estimate of drug-likeness (QED) is 0.662. The highest BCUT2D eigenvalue weighted by molar-refractivity contribution is 9.08. The standard InChI is InChI=1S/C16H17BrN4/c1-2-20(12-13-7-3-5-9-18-13)16-14(11-17)21-10-6-4-8-15(21)19-16/h3-10H,2,11-12H2,1H3. The van der Waals surface area contributed by atoms with Crippen molar-refractivity contribution in [3.63, 3.8) is 0 Å². The number of halogens is 1. The third-order valence-corrected chi connectivity index (χ3v) is 4.03. The van der Waals surface area contributed by atoms with E-state index < -0.39 is 0 Å². The third-order valence-electron chi connectivity index (χ3n) is 3.49. The molecule has 0 unspecified atom stereocenters. The fourth-order valence-corrected chi connectivity index (χ4v) is 2.96. The highest BCUT2D eigenvalue weighted by atomic mass is 79.9. The van der Waals surface area contributed by atoms with Gasteiger partial charge in [-0.15, -0.1) is 0 Å². The Labute approximate surface area is 132 Å². The van der Waals surface area contributed by atoms with Crippen LogP contribution in [0.1, 0.15) is 18.3 Å². The van der Waals surface area contributed by atoms with Crippen molar-refractivity contribution in [1.82, 2.24) is 14.4 Å². The van der Waals surface area contributed by atoms with Crippen LogP contribution in [0.2, 0.25) is 0 Å². The number of nitrogens with zero attached hydrogens (tertiary/aromatic N) is 4. The first-order chi connectivity index (χ1) is 10.3. The summed E-state index contributed by atoms with van der Waals surface area (Å²) in [5, 5.41) is 0.770. The van der Waals surface area contributed by atoms with Crippen LogP contribution >= 0.6 is 15.9 Å². The fourth-order valence-electron chi connectivity index (χ4n) is 2.44. The average molecular weight is 345 g/mol. The maximum absolute atomic E-state index is 4.78. The monoisotopic (exact) mass is 344 g/mol. The van der Waals surface area contributed by atoms with Gasteiger partial charge in [-0.1, -0.05) is 28.1 Å². The molecule has 108 valence electrons. The Balaban J connectivity index is 2.00. The minimum absolute atomic E-state index is 0.765. The Kier molecular flexibility index (Phi) is 4.20. The molecule has 0 saturated heterocycles. The molecule has 0 aromatic carbocycles.